The number of rotatable bonds is 18. The van der Waals surface area contributed by atoms with Crippen LogP contribution in [0.25, 0.3) is 0 Å². The fraction of sp³-hybridized carbons (Fsp3) is 0.833. The van der Waals surface area contributed by atoms with Crippen molar-refractivity contribution in [3.63, 3.8) is 0 Å². The van der Waals surface area contributed by atoms with Gasteiger partial charge in [-0.15, -0.1) is 0 Å². The highest BCUT2D eigenvalue weighted by molar-refractivity contribution is 5.78. The third-order valence-corrected chi connectivity index (χ3v) is 5.23. The van der Waals surface area contributed by atoms with Gasteiger partial charge in [0.25, 0.3) is 0 Å². The third-order valence-electron chi connectivity index (χ3n) is 5.23. The molecular weight excluding hydrogens is 456 g/mol. The van der Waals surface area contributed by atoms with Crippen molar-refractivity contribution in [2.75, 3.05) is 13.1 Å². The summed E-state index contributed by atoms with van der Waals surface area (Å²) in [5, 5.41) is 27.2. The van der Waals surface area contributed by atoms with E-state index in [0.29, 0.717) is 6.54 Å². The molecule has 0 aromatic rings. The van der Waals surface area contributed by atoms with E-state index in [0.717, 1.165) is 12.5 Å². The topological polar surface area (TPSA) is 219 Å². The minimum Gasteiger partial charge on any atom is -0.481 e. The van der Waals surface area contributed by atoms with E-state index >= 15 is 0 Å². The maximum atomic E-state index is 10.8. The first-order valence-corrected chi connectivity index (χ1v) is 12.6. The average molecular weight is 507 g/mol. The van der Waals surface area contributed by atoms with E-state index in [4.69, 9.17) is 32.5 Å². The summed E-state index contributed by atoms with van der Waals surface area (Å²) in [4.78, 5) is 40.9. The first kappa shape index (κ1) is 37.3. The quantitative estimate of drug-likeness (QED) is 0.134. The summed E-state index contributed by atoms with van der Waals surface area (Å²) in [5.74, 6) is -2.53. The van der Waals surface area contributed by atoms with E-state index in [9.17, 15) is 19.2 Å². The highest BCUT2D eigenvalue weighted by Crippen LogP contribution is 2.17. The van der Waals surface area contributed by atoms with Gasteiger partial charge in [0.05, 0.1) is 0 Å². The van der Waals surface area contributed by atoms with Crippen LogP contribution >= 0.6 is 0 Å². The normalized spacial score (nSPS) is 12.6. The Morgan fingerprint density at radius 1 is 0.743 bits per heavy atom. The van der Waals surface area contributed by atoms with Crippen molar-refractivity contribution in [2.45, 2.75) is 110 Å². The molecule has 0 heterocycles. The number of nitrogens with one attached hydrogen (secondary N) is 1. The number of nitrogens with two attached hydrogens (primary N) is 3. The van der Waals surface area contributed by atoms with Crippen LogP contribution in [0.3, 0.4) is 0 Å². The summed E-state index contributed by atoms with van der Waals surface area (Å²) < 4.78 is 0. The van der Waals surface area contributed by atoms with Crippen molar-refractivity contribution in [3.8, 4) is 0 Å². The van der Waals surface area contributed by atoms with Crippen molar-refractivity contribution in [1.29, 1.82) is 0 Å². The summed E-state index contributed by atoms with van der Waals surface area (Å²) in [6, 6.07) is -2.00. The Morgan fingerprint density at radius 3 is 1.66 bits per heavy atom. The van der Waals surface area contributed by atoms with Gasteiger partial charge >= 0.3 is 17.9 Å². The molecule has 1 amide bonds. The van der Waals surface area contributed by atoms with E-state index in [2.05, 4.69) is 19.2 Å². The molecule has 10 N–H and O–H groups in total. The number of carbonyl (C=O) groups excluding carboxylic acids is 1. The summed E-state index contributed by atoms with van der Waals surface area (Å²) in [5.41, 5.74) is 15.7. The molecule has 0 aromatic carbocycles. The van der Waals surface area contributed by atoms with E-state index in [-0.39, 0.29) is 31.6 Å². The minimum atomic E-state index is -1.17. The highest BCUT2D eigenvalue weighted by Gasteiger charge is 2.13. The molecule has 35 heavy (non-hydrogen) atoms. The molecular formula is C24H50N4O7. The molecule has 0 aromatic heterocycles. The number of aliphatic carboxylic acids is 3. The zero-order valence-electron chi connectivity index (χ0n) is 21.8. The molecule has 0 aliphatic rings. The monoisotopic (exact) mass is 506 g/mol. The fourth-order valence-corrected chi connectivity index (χ4v) is 2.92. The Bertz CT molecular complexity index is 562. The summed E-state index contributed by atoms with van der Waals surface area (Å²) in [6.45, 7) is 7.78. The molecule has 0 saturated heterocycles. The molecule has 1 unspecified atom stereocenters. The largest absolute Gasteiger partial charge is 0.481 e. The molecule has 0 radical (unpaired) electrons. The zero-order valence-corrected chi connectivity index (χ0v) is 21.8. The van der Waals surface area contributed by atoms with Gasteiger partial charge in [0, 0.05) is 19.4 Å². The lowest BCUT2D eigenvalue weighted by atomic mass is 9.95. The first-order chi connectivity index (χ1) is 16.5. The Labute approximate surface area is 210 Å². The Balaban J connectivity index is -0.000000443. The Morgan fingerprint density at radius 2 is 1.26 bits per heavy atom. The first-order valence-electron chi connectivity index (χ1n) is 12.6. The maximum Gasteiger partial charge on any atom is 0.320 e. The molecule has 0 saturated carbocycles. The molecule has 0 rings (SSSR count). The lowest BCUT2D eigenvalue weighted by Crippen LogP contribution is -2.32. The van der Waals surface area contributed by atoms with Crippen LogP contribution in [-0.2, 0) is 19.2 Å². The van der Waals surface area contributed by atoms with Gasteiger partial charge in [-0.25, -0.2) is 0 Å². The lowest BCUT2D eigenvalue weighted by molar-refractivity contribution is -0.140. The number of carbonyl (C=O) groups is 4. The molecule has 11 nitrogen and oxygen atoms in total. The van der Waals surface area contributed by atoms with Gasteiger partial charge in [-0.05, 0) is 38.6 Å². The van der Waals surface area contributed by atoms with E-state index < -0.39 is 30.0 Å². The van der Waals surface area contributed by atoms with Crippen LogP contribution in [0.2, 0.25) is 0 Å². The number of carboxylic acids is 3. The van der Waals surface area contributed by atoms with Gasteiger partial charge in [-0.1, -0.05) is 58.8 Å². The second kappa shape index (κ2) is 26.4. The molecule has 11 heteroatoms. The number of carboxylic acid groups (broad SMARTS) is 3. The van der Waals surface area contributed by atoms with Crippen LogP contribution in [0.15, 0.2) is 0 Å². The summed E-state index contributed by atoms with van der Waals surface area (Å²) in [7, 11) is 0. The predicted molar refractivity (Wildman–Crippen MR) is 137 cm³/mol. The molecule has 0 aliphatic heterocycles. The Kier molecular flexibility index (Phi) is 28.1. The van der Waals surface area contributed by atoms with Gasteiger partial charge in [0.15, 0.2) is 0 Å². The van der Waals surface area contributed by atoms with Crippen LogP contribution in [0.1, 0.15) is 97.8 Å². The summed E-state index contributed by atoms with van der Waals surface area (Å²) >= 11 is 0. The molecule has 0 fully saturated rings. The number of hydrogen-bond donors (Lipinski definition) is 7. The van der Waals surface area contributed by atoms with Crippen molar-refractivity contribution in [3.05, 3.63) is 0 Å². The van der Waals surface area contributed by atoms with Crippen LogP contribution < -0.4 is 22.5 Å². The zero-order chi connectivity index (χ0) is 27.6. The van der Waals surface area contributed by atoms with Gasteiger partial charge in [0.2, 0.25) is 5.91 Å². The van der Waals surface area contributed by atoms with Crippen LogP contribution in [-0.4, -0.2) is 64.3 Å². The predicted octanol–water partition coefficient (Wildman–Crippen LogP) is 2.30. The van der Waals surface area contributed by atoms with E-state index in [1.807, 2.05) is 0 Å². The third kappa shape index (κ3) is 29.7. The van der Waals surface area contributed by atoms with Crippen LogP contribution in [0.4, 0.5) is 0 Å². The summed E-state index contributed by atoms with van der Waals surface area (Å²) in [6.07, 6.45) is 11.1. The minimum absolute atomic E-state index is 0.0231. The number of unbranched alkanes of at least 4 members (excludes halogenated alkanes) is 4. The second-order valence-corrected chi connectivity index (χ2v) is 8.37. The standard InChI is InChI=1S/C12H27N.C7H14N2O3.C5H9NO4/c1-3-5-6-7-8-9-12(4-2)10-11-13;1-2-9-6(10)4-3-5(8)7(11)12;6-3(5(9)10)1-2-4(7)8/h12H,3-11,13H2,1-2H3;5H,2-4,8H2,1H3,(H,9,10)(H,11,12);3H,1-2,6H2,(H,7,8)(H,9,10)/t;5-;3-/m.00/s1. The van der Waals surface area contributed by atoms with E-state index in [1.165, 1.54) is 51.4 Å². The second-order valence-electron chi connectivity index (χ2n) is 8.37. The van der Waals surface area contributed by atoms with Gasteiger partial charge < -0.3 is 37.8 Å². The van der Waals surface area contributed by atoms with Crippen molar-refractivity contribution in [1.82, 2.24) is 5.32 Å². The van der Waals surface area contributed by atoms with E-state index in [1.54, 1.807) is 6.92 Å². The molecule has 0 bridgehead atoms. The van der Waals surface area contributed by atoms with Crippen molar-refractivity contribution >= 4 is 23.8 Å². The van der Waals surface area contributed by atoms with Gasteiger partial charge in [0.1, 0.15) is 12.1 Å². The maximum absolute atomic E-state index is 10.8. The van der Waals surface area contributed by atoms with Crippen molar-refractivity contribution < 1.29 is 34.5 Å². The number of hydrogen-bond acceptors (Lipinski definition) is 7. The van der Waals surface area contributed by atoms with Gasteiger partial charge in [-0.3, -0.25) is 19.2 Å². The number of amides is 1. The average Bonchev–Trinajstić information content (AvgIpc) is 2.80. The van der Waals surface area contributed by atoms with Crippen molar-refractivity contribution in [2.24, 2.45) is 23.1 Å². The highest BCUT2D eigenvalue weighted by atomic mass is 16.4. The molecule has 3 atom stereocenters. The van der Waals surface area contributed by atoms with Crippen LogP contribution in [0, 0.1) is 5.92 Å². The molecule has 0 aliphatic carbocycles. The SMILES string of the molecule is CCCCCCCC(CC)CCN.CCNC(=O)CC[C@H](N)C(=O)O.N[C@@H](CCC(=O)O)C(=O)O. The molecule has 0 spiro atoms. The lowest BCUT2D eigenvalue weighted by Gasteiger charge is -2.12. The van der Waals surface area contributed by atoms with Gasteiger partial charge in [-0.2, -0.15) is 0 Å². The smallest absolute Gasteiger partial charge is 0.320 e. The Hall–Kier alpha value is -2.24. The molecule has 208 valence electrons. The van der Waals surface area contributed by atoms with Crippen LogP contribution in [0.5, 0.6) is 0 Å². The fourth-order valence-electron chi connectivity index (χ4n) is 2.92.